The van der Waals surface area contributed by atoms with Crippen LogP contribution in [0.5, 0.6) is 0 Å². The maximum Gasteiger partial charge on any atom is 0.164 e. The standard InChI is InChI=1S/C40H72O2S/c1-3-5-7-9-11-13-15-17-19-21-23-25-27-29-31-33-39(41)37-35-43-36-38(37)40(42)34-32-30-28-26-24-22-20-18-16-14-12-10-8-6-4-2/h35-36H,3-34H2,1-2H3. The zero-order valence-corrected chi connectivity index (χ0v) is 29.8. The van der Waals surface area contributed by atoms with Crippen LogP contribution in [0.3, 0.4) is 0 Å². The lowest BCUT2D eigenvalue weighted by molar-refractivity contribution is 0.0947. The number of unbranched alkanes of at least 4 members (excludes halogenated alkanes) is 28. The Hall–Kier alpha value is -0.960. The van der Waals surface area contributed by atoms with Gasteiger partial charge in [0.25, 0.3) is 0 Å². The molecule has 0 aromatic carbocycles. The Morgan fingerprint density at radius 2 is 0.581 bits per heavy atom. The molecule has 0 fully saturated rings. The van der Waals surface area contributed by atoms with E-state index >= 15 is 0 Å². The summed E-state index contributed by atoms with van der Waals surface area (Å²) in [6.45, 7) is 4.57. The highest BCUT2D eigenvalue weighted by Crippen LogP contribution is 2.22. The predicted octanol–water partition coefficient (Wildman–Crippen LogP) is 14.6. The third kappa shape index (κ3) is 24.0. The Morgan fingerprint density at radius 3 is 0.814 bits per heavy atom. The molecular weight excluding hydrogens is 545 g/mol. The number of hydrogen-bond acceptors (Lipinski definition) is 3. The molecule has 1 rings (SSSR count). The molecule has 2 nitrogen and oxygen atoms in total. The van der Waals surface area contributed by atoms with Crippen molar-refractivity contribution in [3.8, 4) is 0 Å². The number of thiophene rings is 1. The zero-order valence-electron chi connectivity index (χ0n) is 29.0. The van der Waals surface area contributed by atoms with Gasteiger partial charge in [-0.3, -0.25) is 9.59 Å². The van der Waals surface area contributed by atoms with E-state index in [1.165, 1.54) is 178 Å². The van der Waals surface area contributed by atoms with Crippen molar-refractivity contribution >= 4 is 22.9 Å². The van der Waals surface area contributed by atoms with Crippen LogP contribution >= 0.6 is 11.3 Å². The predicted molar refractivity (Wildman–Crippen MR) is 192 cm³/mol. The maximum atomic E-state index is 12.8. The third-order valence-electron chi connectivity index (χ3n) is 9.28. The number of ketones is 2. The van der Waals surface area contributed by atoms with Gasteiger partial charge >= 0.3 is 0 Å². The van der Waals surface area contributed by atoms with Crippen LogP contribution in [-0.4, -0.2) is 11.6 Å². The number of hydrogen-bond donors (Lipinski definition) is 0. The lowest BCUT2D eigenvalue weighted by Crippen LogP contribution is -2.06. The van der Waals surface area contributed by atoms with E-state index in [0.717, 1.165) is 25.7 Å². The summed E-state index contributed by atoms with van der Waals surface area (Å²) in [5.74, 6) is 0.353. The van der Waals surface area contributed by atoms with Crippen molar-refractivity contribution in [1.29, 1.82) is 0 Å². The molecule has 0 unspecified atom stereocenters. The van der Waals surface area contributed by atoms with Crippen molar-refractivity contribution in [3.63, 3.8) is 0 Å². The van der Waals surface area contributed by atoms with E-state index in [1.54, 1.807) is 0 Å². The van der Waals surface area contributed by atoms with Gasteiger partial charge in [-0.05, 0) is 12.8 Å². The molecule has 0 radical (unpaired) electrons. The van der Waals surface area contributed by atoms with Gasteiger partial charge in [0.1, 0.15) is 0 Å². The fourth-order valence-corrected chi connectivity index (χ4v) is 7.17. The lowest BCUT2D eigenvalue weighted by Gasteiger charge is -2.05. The summed E-state index contributed by atoms with van der Waals surface area (Å²) in [5.41, 5.74) is 1.39. The molecule has 0 saturated heterocycles. The van der Waals surface area contributed by atoms with E-state index in [-0.39, 0.29) is 11.6 Å². The van der Waals surface area contributed by atoms with E-state index in [2.05, 4.69) is 13.8 Å². The van der Waals surface area contributed by atoms with Crippen LogP contribution in [0.25, 0.3) is 0 Å². The lowest BCUT2D eigenvalue weighted by atomic mass is 9.98. The van der Waals surface area contributed by atoms with Gasteiger partial charge in [0.2, 0.25) is 0 Å². The Kier molecular flexibility index (Phi) is 28.9. The minimum absolute atomic E-state index is 0.177. The molecule has 0 N–H and O–H groups in total. The van der Waals surface area contributed by atoms with Crippen LogP contribution in [0.4, 0.5) is 0 Å². The molecule has 0 spiro atoms. The number of carbonyl (C=O) groups is 2. The van der Waals surface area contributed by atoms with Gasteiger partial charge in [-0.2, -0.15) is 11.3 Å². The van der Waals surface area contributed by atoms with Gasteiger partial charge in [-0.25, -0.2) is 0 Å². The summed E-state index contributed by atoms with van der Waals surface area (Å²) < 4.78 is 0. The van der Waals surface area contributed by atoms with E-state index < -0.39 is 0 Å². The molecule has 0 amide bonds. The van der Waals surface area contributed by atoms with E-state index in [4.69, 9.17) is 0 Å². The zero-order chi connectivity index (χ0) is 31.1. The highest BCUT2D eigenvalue weighted by atomic mass is 32.1. The fourth-order valence-electron chi connectivity index (χ4n) is 6.31. The molecule has 1 aromatic rings. The van der Waals surface area contributed by atoms with Crippen LogP contribution in [0.1, 0.15) is 240 Å². The molecule has 43 heavy (non-hydrogen) atoms. The minimum atomic E-state index is 0.177. The number of carbonyl (C=O) groups excluding carboxylic acids is 2. The Labute approximate surface area is 273 Å². The molecule has 0 aliphatic rings. The highest BCUT2D eigenvalue weighted by Gasteiger charge is 2.17. The summed E-state index contributed by atoms with van der Waals surface area (Å²) in [4.78, 5) is 25.7. The van der Waals surface area contributed by atoms with Crippen molar-refractivity contribution in [1.82, 2.24) is 0 Å². The maximum absolute atomic E-state index is 12.8. The molecule has 0 saturated carbocycles. The Bertz CT molecular complexity index is 691. The summed E-state index contributed by atoms with van der Waals surface area (Å²) >= 11 is 1.51. The van der Waals surface area contributed by atoms with Crippen LogP contribution in [-0.2, 0) is 0 Å². The average molecular weight is 617 g/mol. The van der Waals surface area contributed by atoms with Gasteiger partial charge < -0.3 is 0 Å². The Balaban J connectivity index is 1.97. The molecular formula is C40H72O2S. The van der Waals surface area contributed by atoms with Gasteiger partial charge in [0.15, 0.2) is 11.6 Å². The summed E-state index contributed by atoms with van der Waals surface area (Å²) in [5, 5.41) is 3.82. The monoisotopic (exact) mass is 617 g/mol. The summed E-state index contributed by atoms with van der Waals surface area (Å²) in [6.07, 6.45) is 41.2. The second-order valence-electron chi connectivity index (χ2n) is 13.4. The SMILES string of the molecule is CCCCCCCCCCCCCCCCCC(=O)c1cscc1C(=O)CCCCCCCCCCCCCCCCC. The van der Waals surface area contributed by atoms with Gasteiger partial charge in [-0.1, -0.05) is 194 Å². The molecule has 0 bridgehead atoms. The molecule has 1 heterocycles. The third-order valence-corrected chi connectivity index (χ3v) is 10.0. The molecule has 0 aliphatic heterocycles. The highest BCUT2D eigenvalue weighted by molar-refractivity contribution is 7.08. The van der Waals surface area contributed by atoms with Crippen LogP contribution in [0.2, 0.25) is 0 Å². The summed E-state index contributed by atoms with van der Waals surface area (Å²) in [6, 6.07) is 0. The first-order valence-corrected chi connectivity index (χ1v) is 20.3. The second-order valence-corrected chi connectivity index (χ2v) is 14.2. The first-order valence-electron chi connectivity index (χ1n) is 19.3. The van der Waals surface area contributed by atoms with Gasteiger partial charge in [0, 0.05) is 34.7 Å². The molecule has 250 valence electrons. The average Bonchev–Trinajstić information content (AvgIpc) is 3.51. The van der Waals surface area contributed by atoms with Crippen LogP contribution < -0.4 is 0 Å². The molecule has 1 aromatic heterocycles. The van der Waals surface area contributed by atoms with Gasteiger partial charge in [-0.15, -0.1) is 0 Å². The van der Waals surface area contributed by atoms with Crippen molar-refractivity contribution < 1.29 is 9.59 Å². The van der Waals surface area contributed by atoms with Crippen molar-refractivity contribution in [2.45, 2.75) is 219 Å². The molecule has 3 heteroatoms. The largest absolute Gasteiger partial charge is 0.294 e. The topological polar surface area (TPSA) is 34.1 Å². The van der Waals surface area contributed by atoms with Crippen LogP contribution in [0, 0.1) is 0 Å². The fraction of sp³-hybridized carbons (Fsp3) is 0.850. The normalized spacial score (nSPS) is 11.4. The van der Waals surface area contributed by atoms with E-state index in [9.17, 15) is 9.59 Å². The first kappa shape index (κ1) is 40.1. The second kappa shape index (κ2) is 31.0. The Morgan fingerprint density at radius 1 is 0.372 bits per heavy atom. The smallest absolute Gasteiger partial charge is 0.164 e. The molecule has 0 aliphatic carbocycles. The molecule has 0 atom stereocenters. The number of rotatable bonds is 34. The van der Waals surface area contributed by atoms with E-state index in [1.807, 2.05) is 10.8 Å². The number of Topliss-reactive ketones (excluding diaryl/α,β-unsaturated/α-hetero) is 2. The quantitative estimate of drug-likeness (QED) is 0.0570. The van der Waals surface area contributed by atoms with E-state index in [0.29, 0.717) is 24.0 Å². The van der Waals surface area contributed by atoms with Crippen LogP contribution in [0.15, 0.2) is 10.8 Å². The van der Waals surface area contributed by atoms with Crippen molar-refractivity contribution in [2.24, 2.45) is 0 Å². The first-order chi connectivity index (χ1) is 21.2. The summed E-state index contributed by atoms with van der Waals surface area (Å²) in [7, 11) is 0. The van der Waals surface area contributed by atoms with Crippen molar-refractivity contribution in [2.75, 3.05) is 0 Å². The van der Waals surface area contributed by atoms with Gasteiger partial charge in [0.05, 0.1) is 0 Å². The minimum Gasteiger partial charge on any atom is -0.294 e. The van der Waals surface area contributed by atoms with Crippen molar-refractivity contribution in [3.05, 3.63) is 21.9 Å².